The zero-order valence-corrected chi connectivity index (χ0v) is 18.8. The largest absolute Gasteiger partial charge is 0.497 e. The highest BCUT2D eigenvalue weighted by atomic mass is 16.5. The molecule has 0 saturated heterocycles. The zero-order chi connectivity index (χ0) is 22.7. The third kappa shape index (κ3) is 4.84. The first-order valence-corrected chi connectivity index (χ1v) is 10.3. The molecular formula is C23H29N5O3. The molecule has 1 aromatic carbocycles. The third-order valence-electron chi connectivity index (χ3n) is 4.98. The van der Waals surface area contributed by atoms with Gasteiger partial charge in [-0.2, -0.15) is 5.10 Å². The average Bonchev–Trinajstić information content (AvgIpc) is 3.16. The van der Waals surface area contributed by atoms with E-state index in [1.54, 1.807) is 50.7 Å². The Morgan fingerprint density at radius 1 is 1.19 bits per heavy atom. The van der Waals surface area contributed by atoms with E-state index < -0.39 is 0 Å². The van der Waals surface area contributed by atoms with Crippen LogP contribution in [0.1, 0.15) is 55.7 Å². The van der Waals surface area contributed by atoms with Gasteiger partial charge >= 0.3 is 0 Å². The standard InChI is InChI=1S/C23H29N5O3/c1-14(2)20-11-18(19-12-24-28(15(3)4)22(19)26-20)23(30)27(5)13-21(29)25-16-8-7-9-17(10-16)31-6/h7-12,14-15H,13H2,1-6H3,(H,25,29). The van der Waals surface area contributed by atoms with E-state index in [1.807, 2.05) is 32.4 Å². The Bertz CT molecular complexity index is 1100. The zero-order valence-electron chi connectivity index (χ0n) is 18.8. The molecule has 0 atom stereocenters. The summed E-state index contributed by atoms with van der Waals surface area (Å²) in [5.41, 5.74) is 2.60. The van der Waals surface area contributed by atoms with Crippen LogP contribution in [0.3, 0.4) is 0 Å². The minimum Gasteiger partial charge on any atom is -0.497 e. The van der Waals surface area contributed by atoms with Crippen LogP contribution >= 0.6 is 0 Å². The van der Waals surface area contributed by atoms with Gasteiger partial charge in [-0.1, -0.05) is 19.9 Å². The van der Waals surface area contributed by atoms with Gasteiger partial charge in [-0.05, 0) is 38.0 Å². The lowest BCUT2D eigenvalue weighted by atomic mass is 10.0. The highest BCUT2D eigenvalue weighted by molar-refractivity contribution is 6.07. The summed E-state index contributed by atoms with van der Waals surface area (Å²) >= 11 is 0. The molecule has 2 heterocycles. The highest BCUT2D eigenvalue weighted by Crippen LogP contribution is 2.25. The first-order valence-electron chi connectivity index (χ1n) is 10.3. The number of carbonyl (C=O) groups is 2. The van der Waals surface area contributed by atoms with Crippen LogP contribution in [0.2, 0.25) is 0 Å². The maximum absolute atomic E-state index is 13.3. The van der Waals surface area contributed by atoms with E-state index in [0.717, 1.165) is 5.69 Å². The minimum atomic E-state index is -0.295. The summed E-state index contributed by atoms with van der Waals surface area (Å²) in [6.45, 7) is 8.02. The number of likely N-dealkylation sites (N-methyl/N-ethyl adjacent to an activating group) is 1. The molecule has 0 unspecified atom stereocenters. The van der Waals surface area contributed by atoms with Crippen molar-refractivity contribution in [2.24, 2.45) is 0 Å². The first kappa shape index (κ1) is 22.3. The molecule has 0 aliphatic rings. The number of amides is 2. The molecule has 3 aromatic rings. The van der Waals surface area contributed by atoms with Crippen LogP contribution in [0.4, 0.5) is 5.69 Å². The fourth-order valence-corrected chi connectivity index (χ4v) is 3.28. The van der Waals surface area contributed by atoms with E-state index >= 15 is 0 Å². The Morgan fingerprint density at radius 3 is 2.58 bits per heavy atom. The molecule has 2 amide bonds. The van der Waals surface area contributed by atoms with Crippen molar-refractivity contribution < 1.29 is 14.3 Å². The van der Waals surface area contributed by atoms with Gasteiger partial charge in [0.25, 0.3) is 5.91 Å². The fourth-order valence-electron chi connectivity index (χ4n) is 3.28. The minimum absolute atomic E-state index is 0.0881. The maximum Gasteiger partial charge on any atom is 0.254 e. The van der Waals surface area contributed by atoms with Gasteiger partial charge in [-0.25, -0.2) is 9.67 Å². The van der Waals surface area contributed by atoms with Crippen molar-refractivity contribution in [3.8, 4) is 5.75 Å². The van der Waals surface area contributed by atoms with Crippen LogP contribution in [0.25, 0.3) is 11.0 Å². The number of hydrogen-bond acceptors (Lipinski definition) is 5. The first-order chi connectivity index (χ1) is 14.7. The quantitative estimate of drug-likeness (QED) is 0.623. The lowest BCUT2D eigenvalue weighted by molar-refractivity contribution is -0.116. The van der Waals surface area contributed by atoms with Gasteiger partial charge in [-0.15, -0.1) is 0 Å². The number of rotatable bonds is 7. The van der Waals surface area contributed by atoms with Crippen molar-refractivity contribution in [1.29, 1.82) is 0 Å². The highest BCUT2D eigenvalue weighted by Gasteiger charge is 2.22. The van der Waals surface area contributed by atoms with Crippen molar-refractivity contribution >= 4 is 28.5 Å². The predicted octanol–water partition coefficient (Wildman–Crippen LogP) is 3.85. The molecule has 3 rings (SSSR count). The number of pyridine rings is 1. The van der Waals surface area contributed by atoms with E-state index in [-0.39, 0.29) is 30.3 Å². The lowest BCUT2D eigenvalue weighted by Gasteiger charge is -2.19. The van der Waals surface area contributed by atoms with Gasteiger partial charge in [0.2, 0.25) is 5.91 Å². The lowest BCUT2D eigenvalue weighted by Crippen LogP contribution is -2.35. The molecule has 31 heavy (non-hydrogen) atoms. The molecule has 0 spiro atoms. The third-order valence-corrected chi connectivity index (χ3v) is 4.98. The van der Waals surface area contributed by atoms with Crippen molar-refractivity contribution in [1.82, 2.24) is 19.7 Å². The number of methoxy groups -OCH3 is 1. The van der Waals surface area contributed by atoms with Crippen LogP contribution in [-0.2, 0) is 4.79 Å². The molecule has 2 aromatic heterocycles. The van der Waals surface area contributed by atoms with E-state index in [0.29, 0.717) is 28.0 Å². The monoisotopic (exact) mass is 423 g/mol. The molecular weight excluding hydrogens is 394 g/mol. The van der Waals surface area contributed by atoms with Gasteiger partial charge in [0.05, 0.1) is 30.8 Å². The number of carbonyl (C=O) groups excluding carboxylic acids is 2. The number of nitrogens with zero attached hydrogens (tertiary/aromatic N) is 4. The Balaban J connectivity index is 1.84. The van der Waals surface area contributed by atoms with Gasteiger partial charge in [0.1, 0.15) is 5.75 Å². The summed E-state index contributed by atoms with van der Waals surface area (Å²) < 4.78 is 6.99. The molecule has 1 N–H and O–H groups in total. The molecule has 0 saturated carbocycles. The van der Waals surface area contributed by atoms with Crippen LogP contribution < -0.4 is 10.1 Å². The maximum atomic E-state index is 13.3. The second-order valence-electron chi connectivity index (χ2n) is 8.11. The summed E-state index contributed by atoms with van der Waals surface area (Å²) in [7, 11) is 3.18. The molecule has 0 aliphatic heterocycles. The predicted molar refractivity (Wildman–Crippen MR) is 121 cm³/mol. The normalized spacial score (nSPS) is 11.2. The number of aromatic nitrogens is 3. The SMILES string of the molecule is COc1cccc(NC(=O)CN(C)C(=O)c2cc(C(C)C)nc3c2cnn3C(C)C)c1. The fraction of sp³-hybridized carbons (Fsp3) is 0.391. The number of nitrogens with one attached hydrogen (secondary N) is 1. The van der Waals surface area contributed by atoms with Gasteiger partial charge in [-0.3, -0.25) is 9.59 Å². The summed E-state index contributed by atoms with van der Waals surface area (Å²) in [4.78, 5) is 31.9. The van der Waals surface area contributed by atoms with E-state index in [4.69, 9.17) is 9.72 Å². The summed E-state index contributed by atoms with van der Waals surface area (Å²) in [5, 5.41) is 7.90. The summed E-state index contributed by atoms with van der Waals surface area (Å²) in [5.74, 6) is 0.243. The molecule has 0 radical (unpaired) electrons. The molecule has 164 valence electrons. The van der Waals surface area contributed by atoms with E-state index in [1.165, 1.54) is 4.90 Å². The topological polar surface area (TPSA) is 89.3 Å². The van der Waals surface area contributed by atoms with Crippen LogP contribution in [0.5, 0.6) is 5.75 Å². The van der Waals surface area contributed by atoms with Crippen LogP contribution in [0.15, 0.2) is 36.5 Å². The molecule has 0 aliphatic carbocycles. The average molecular weight is 424 g/mol. The second-order valence-corrected chi connectivity index (χ2v) is 8.11. The van der Waals surface area contributed by atoms with Gasteiger partial charge in [0.15, 0.2) is 5.65 Å². The molecule has 8 heteroatoms. The summed E-state index contributed by atoms with van der Waals surface area (Å²) in [6.07, 6.45) is 1.67. The smallest absolute Gasteiger partial charge is 0.254 e. The second kappa shape index (κ2) is 9.16. The molecule has 0 fully saturated rings. The van der Waals surface area contributed by atoms with E-state index in [2.05, 4.69) is 10.4 Å². The number of fused-ring (bicyclic) bond motifs is 1. The Morgan fingerprint density at radius 2 is 1.94 bits per heavy atom. The van der Waals surface area contributed by atoms with E-state index in [9.17, 15) is 9.59 Å². The van der Waals surface area contributed by atoms with Crippen LogP contribution in [0, 0.1) is 0 Å². The van der Waals surface area contributed by atoms with Crippen molar-refractivity contribution in [3.63, 3.8) is 0 Å². The number of benzene rings is 1. The molecule has 8 nitrogen and oxygen atoms in total. The number of ether oxygens (including phenoxy) is 1. The van der Waals surface area contributed by atoms with Gasteiger partial charge in [0, 0.05) is 30.5 Å². The Labute approximate surface area is 182 Å². The summed E-state index contributed by atoms with van der Waals surface area (Å²) in [6, 6.07) is 8.99. The Kier molecular flexibility index (Phi) is 6.58. The van der Waals surface area contributed by atoms with Crippen molar-refractivity contribution in [2.75, 3.05) is 26.0 Å². The van der Waals surface area contributed by atoms with Crippen LogP contribution in [-0.4, -0.2) is 52.2 Å². The number of anilines is 1. The number of hydrogen-bond donors (Lipinski definition) is 1. The van der Waals surface area contributed by atoms with Gasteiger partial charge < -0.3 is 15.0 Å². The van der Waals surface area contributed by atoms with Crippen molar-refractivity contribution in [2.45, 2.75) is 39.7 Å². The Hall–Kier alpha value is -3.42. The molecule has 0 bridgehead atoms. The van der Waals surface area contributed by atoms with Crippen molar-refractivity contribution in [3.05, 3.63) is 47.8 Å².